The number of hydrogen-bond acceptors (Lipinski definition) is 1. The minimum Gasteiger partial charge on any atom is -0.494 e. The van der Waals surface area contributed by atoms with Gasteiger partial charge >= 0.3 is 0 Å². The fraction of sp³-hybridized carbons (Fsp3) is 0.625. The summed E-state index contributed by atoms with van der Waals surface area (Å²) in [4.78, 5) is 0.491. The van der Waals surface area contributed by atoms with E-state index in [-0.39, 0.29) is 0 Å². The maximum absolute atomic E-state index is 5.55. The smallest absolute Gasteiger partial charge is 0.120 e. The van der Waals surface area contributed by atoms with Crippen LogP contribution in [0.1, 0.15) is 43.0 Å². The van der Waals surface area contributed by atoms with E-state index >= 15 is 0 Å². The molecule has 1 aromatic carbocycles. The van der Waals surface area contributed by atoms with Crippen molar-refractivity contribution >= 4 is 31.9 Å². The van der Waals surface area contributed by atoms with E-state index in [0.717, 1.165) is 30.1 Å². The molecule has 0 bridgehead atoms. The molecule has 2 aliphatic carbocycles. The largest absolute Gasteiger partial charge is 0.494 e. The van der Waals surface area contributed by atoms with Gasteiger partial charge in [0, 0.05) is 9.30 Å². The number of ether oxygens (including phenoxy) is 1. The SMILES string of the molecule is CCOc1ccc(C(Br)C2C3CCCCC32)c(Br)c1. The van der Waals surface area contributed by atoms with Crippen LogP contribution in [0.4, 0.5) is 0 Å². The van der Waals surface area contributed by atoms with Crippen molar-refractivity contribution in [2.24, 2.45) is 17.8 Å². The van der Waals surface area contributed by atoms with E-state index in [0.29, 0.717) is 4.83 Å². The first-order valence-electron chi connectivity index (χ1n) is 7.28. The Morgan fingerprint density at radius 3 is 2.53 bits per heavy atom. The van der Waals surface area contributed by atoms with Gasteiger partial charge in [-0.05, 0) is 55.2 Å². The molecule has 3 rings (SSSR count). The fourth-order valence-electron chi connectivity index (χ4n) is 3.68. The standard InChI is InChI=1S/C16H20Br2O/c1-2-19-10-7-8-13(14(17)9-10)16(18)15-11-5-3-4-6-12(11)15/h7-9,11-12,15-16H,2-6H2,1H3. The molecule has 1 nitrogen and oxygen atoms in total. The zero-order valence-electron chi connectivity index (χ0n) is 11.2. The first-order chi connectivity index (χ1) is 9.22. The number of rotatable bonds is 4. The summed E-state index contributed by atoms with van der Waals surface area (Å²) in [6.07, 6.45) is 5.74. The van der Waals surface area contributed by atoms with Crippen LogP contribution in [-0.2, 0) is 0 Å². The Labute approximate surface area is 132 Å². The normalized spacial score (nSPS) is 30.6. The lowest BCUT2D eigenvalue weighted by molar-refractivity contribution is 0.340. The van der Waals surface area contributed by atoms with Crippen LogP contribution in [0.25, 0.3) is 0 Å². The van der Waals surface area contributed by atoms with Crippen LogP contribution in [0.15, 0.2) is 22.7 Å². The molecule has 1 aromatic rings. The third-order valence-electron chi connectivity index (χ3n) is 4.64. The number of alkyl halides is 1. The van der Waals surface area contributed by atoms with Crippen molar-refractivity contribution in [1.82, 2.24) is 0 Å². The van der Waals surface area contributed by atoms with Crippen molar-refractivity contribution in [2.75, 3.05) is 6.61 Å². The Bertz CT molecular complexity index is 448. The van der Waals surface area contributed by atoms with E-state index in [1.54, 1.807) is 0 Å². The molecule has 3 atom stereocenters. The topological polar surface area (TPSA) is 9.23 Å². The van der Waals surface area contributed by atoms with E-state index < -0.39 is 0 Å². The van der Waals surface area contributed by atoms with Gasteiger partial charge in [0.2, 0.25) is 0 Å². The van der Waals surface area contributed by atoms with Crippen molar-refractivity contribution in [2.45, 2.75) is 37.4 Å². The summed E-state index contributed by atoms with van der Waals surface area (Å²) in [7, 11) is 0. The number of benzene rings is 1. The number of fused-ring (bicyclic) bond motifs is 1. The highest BCUT2D eigenvalue weighted by Gasteiger charge is 2.53. The molecule has 3 heteroatoms. The van der Waals surface area contributed by atoms with E-state index in [4.69, 9.17) is 4.74 Å². The zero-order chi connectivity index (χ0) is 13.4. The minimum absolute atomic E-state index is 0.491. The molecule has 0 aromatic heterocycles. The van der Waals surface area contributed by atoms with E-state index in [9.17, 15) is 0 Å². The summed E-state index contributed by atoms with van der Waals surface area (Å²) in [5.41, 5.74) is 1.38. The molecule has 0 heterocycles. The van der Waals surface area contributed by atoms with Gasteiger partial charge in [0.15, 0.2) is 0 Å². The lowest BCUT2D eigenvalue weighted by atomic mass is 10.0. The molecular formula is C16H20Br2O. The molecule has 104 valence electrons. The summed E-state index contributed by atoms with van der Waals surface area (Å²) in [5.74, 6) is 3.73. The molecule has 2 fully saturated rings. The van der Waals surface area contributed by atoms with Crippen LogP contribution in [0, 0.1) is 17.8 Å². The molecule has 3 unspecified atom stereocenters. The lowest BCUT2D eigenvalue weighted by Gasteiger charge is -2.14. The lowest BCUT2D eigenvalue weighted by Crippen LogP contribution is -1.98. The summed E-state index contributed by atoms with van der Waals surface area (Å²) >= 11 is 7.65. The maximum atomic E-state index is 5.55. The second-order valence-electron chi connectivity index (χ2n) is 5.71. The molecule has 0 N–H and O–H groups in total. The second-order valence-corrected chi connectivity index (χ2v) is 7.55. The molecule has 2 saturated carbocycles. The van der Waals surface area contributed by atoms with Crippen LogP contribution < -0.4 is 4.74 Å². The highest BCUT2D eigenvalue weighted by Crippen LogP contribution is 2.63. The predicted molar refractivity (Wildman–Crippen MR) is 85.9 cm³/mol. The average Bonchev–Trinajstić information content (AvgIpc) is 3.13. The second kappa shape index (κ2) is 5.77. The molecule has 0 amide bonds. The molecule has 19 heavy (non-hydrogen) atoms. The molecule has 0 aliphatic heterocycles. The van der Waals surface area contributed by atoms with Gasteiger partial charge in [-0.25, -0.2) is 0 Å². The van der Waals surface area contributed by atoms with Crippen LogP contribution >= 0.6 is 31.9 Å². The van der Waals surface area contributed by atoms with Crippen LogP contribution in [-0.4, -0.2) is 6.61 Å². The highest BCUT2D eigenvalue weighted by atomic mass is 79.9. The minimum atomic E-state index is 0.491. The van der Waals surface area contributed by atoms with E-state index in [1.165, 1.54) is 35.7 Å². The van der Waals surface area contributed by atoms with Gasteiger partial charge in [-0.15, -0.1) is 0 Å². The zero-order valence-corrected chi connectivity index (χ0v) is 14.4. The first kappa shape index (κ1) is 13.9. The van der Waals surface area contributed by atoms with Crippen molar-refractivity contribution in [1.29, 1.82) is 0 Å². The van der Waals surface area contributed by atoms with Crippen molar-refractivity contribution in [3.05, 3.63) is 28.2 Å². The summed E-state index contributed by atoms with van der Waals surface area (Å²) < 4.78 is 6.72. The highest BCUT2D eigenvalue weighted by molar-refractivity contribution is 9.11. The van der Waals surface area contributed by atoms with Crippen molar-refractivity contribution < 1.29 is 4.74 Å². The third-order valence-corrected chi connectivity index (χ3v) is 6.43. The molecule has 0 saturated heterocycles. The van der Waals surface area contributed by atoms with E-state index in [2.05, 4.69) is 50.1 Å². The van der Waals surface area contributed by atoms with Crippen LogP contribution in [0.5, 0.6) is 5.75 Å². The van der Waals surface area contributed by atoms with Gasteiger partial charge in [-0.1, -0.05) is 50.8 Å². The van der Waals surface area contributed by atoms with Gasteiger partial charge in [0.05, 0.1) is 6.61 Å². The van der Waals surface area contributed by atoms with Gasteiger partial charge in [-0.3, -0.25) is 0 Å². The van der Waals surface area contributed by atoms with Crippen LogP contribution in [0.3, 0.4) is 0 Å². The Morgan fingerprint density at radius 1 is 1.26 bits per heavy atom. The van der Waals surface area contributed by atoms with Crippen LogP contribution in [0.2, 0.25) is 0 Å². The molecule has 0 radical (unpaired) electrons. The maximum Gasteiger partial charge on any atom is 0.120 e. The van der Waals surface area contributed by atoms with Crippen molar-refractivity contribution in [3.8, 4) is 5.75 Å². The molecule has 0 spiro atoms. The summed E-state index contributed by atoms with van der Waals surface area (Å²) in [6.45, 7) is 2.74. The fourth-order valence-corrected chi connectivity index (χ4v) is 5.77. The Kier molecular flexibility index (Phi) is 4.23. The number of hydrogen-bond donors (Lipinski definition) is 0. The van der Waals surface area contributed by atoms with Crippen molar-refractivity contribution in [3.63, 3.8) is 0 Å². The first-order valence-corrected chi connectivity index (χ1v) is 8.99. The quantitative estimate of drug-likeness (QED) is 0.600. The van der Waals surface area contributed by atoms with E-state index in [1.807, 2.05) is 6.92 Å². The Morgan fingerprint density at radius 2 is 1.95 bits per heavy atom. The Balaban J connectivity index is 1.75. The summed E-state index contributed by atoms with van der Waals surface area (Å²) in [5, 5.41) is 0. The molecular weight excluding hydrogens is 368 g/mol. The molecule has 2 aliphatic rings. The van der Waals surface area contributed by atoms with Gasteiger partial charge in [0.1, 0.15) is 5.75 Å². The number of halogens is 2. The third kappa shape index (κ3) is 2.73. The van der Waals surface area contributed by atoms with Gasteiger partial charge in [0.25, 0.3) is 0 Å². The predicted octanol–water partition coefficient (Wildman–Crippen LogP) is 5.72. The average molecular weight is 388 g/mol. The summed E-state index contributed by atoms with van der Waals surface area (Å²) in [6, 6.07) is 6.39. The van der Waals surface area contributed by atoms with Gasteiger partial charge in [-0.2, -0.15) is 0 Å². The Hall–Kier alpha value is -0.0200. The monoisotopic (exact) mass is 386 g/mol. The van der Waals surface area contributed by atoms with Gasteiger partial charge < -0.3 is 4.74 Å².